The van der Waals surface area contributed by atoms with Crippen LogP contribution in [-0.4, -0.2) is 37.1 Å². The van der Waals surface area contributed by atoms with E-state index in [4.69, 9.17) is 11.6 Å². The molecule has 0 bridgehead atoms. The van der Waals surface area contributed by atoms with E-state index in [0.29, 0.717) is 11.7 Å². The van der Waals surface area contributed by atoms with Gasteiger partial charge in [0.2, 0.25) is 5.28 Å². The van der Waals surface area contributed by atoms with Gasteiger partial charge in [0, 0.05) is 6.04 Å². The van der Waals surface area contributed by atoms with Crippen LogP contribution in [0.25, 0.3) is 5.65 Å². The number of fused-ring (bicyclic) bond motifs is 1. The zero-order valence-electron chi connectivity index (χ0n) is 9.75. The number of nitrogens with one attached hydrogen (secondary N) is 1. The number of aliphatic hydroxyl groups excluding tert-OH is 1. The van der Waals surface area contributed by atoms with Crippen molar-refractivity contribution in [2.24, 2.45) is 0 Å². The SMILES string of the molecule is OC1CCC(Nc2ccc3nnc(Cl)n3n2)CC1. The fourth-order valence-electron chi connectivity index (χ4n) is 2.27. The average molecular weight is 268 g/mol. The Morgan fingerprint density at radius 3 is 2.78 bits per heavy atom. The van der Waals surface area contributed by atoms with Crippen LogP contribution in [0.1, 0.15) is 25.7 Å². The molecular weight excluding hydrogens is 254 g/mol. The summed E-state index contributed by atoms with van der Waals surface area (Å²) >= 11 is 5.87. The summed E-state index contributed by atoms with van der Waals surface area (Å²) in [4.78, 5) is 0. The second kappa shape index (κ2) is 4.70. The highest BCUT2D eigenvalue weighted by Gasteiger charge is 2.19. The number of halogens is 1. The van der Waals surface area contributed by atoms with Crippen molar-refractivity contribution in [1.29, 1.82) is 0 Å². The first-order valence-electron chi connectivity index (χ1n) is 6.05. The van der Waals surface area contributed by atoms with E-state index in [0.717, 1.165) is 31.5 Å². The molecule has 1 aliphatic rings. The van der Waals surface area contributed by atoms with Gasteiger partial charge in [-0.3, -0.25) is 0 Å². The fourth-order valence-corrected chi connectivity index (χ4v) is 2.43. The van der Waals surface area contributed by atoms with Gasteiger partial charge in [0.05, 0.1) is 6.10 Å². The number of hydrogen-bond acceptors (Lipinski definition) is 5. The van der Waals surface area contributed by atoms with E-state index in [2.05, 4.69) is 20.6 Å². The molecule has 0 atom stereocenters. The van der Waals surface area contributed by atoms with E-state index >= 15 is 0 Å². The van der Waals surface area contributed by atoms with E-state index in [-0.39, 0.29) is 11.4 Å². The second-order valence-corrected chi connectivity index (χ2v) is 4.95. The topological polar surface area (TPSA) is 75.3 Å². The number of nitrogens with zero attached hydrogens (tertiary/aromatic N) is 4. The largest absolute Gasteiger partial charge is 0.393 e. The normalized spacial score (nSPS) is 24.3. The minimum absolute atomic E-state index is 0.147. The molecule has 0 amide bonds. The summed E-state index contributed by atoms with van der Waals surface area (Å²) in [6, 6.07) is 4.05. The molecule has 2 aromatic heterocycles. The predicted octanol–water partition coefficient (Wildman–Crippen LogP) is 1.49. The molecule has 18 heavy (non-hydrogen) atoms. The summed E-state index contributed by atoms with van der Waals surface area (Å²) in [5.74, 6) is 0.755. The smallest absolute Gasteiger partial charge is 0.246 e. The van der Waals surface area contributed by atoms with Gasteiger partial charge in [0.1, 0.15) is 5.82 Å². The van der Waals surface area contributed by atoms with Crippen molar-refractivity contribution in [3.63, 3.8) is 0 Å². The Kier molecular flexibility index (Phi) is 3.05. The molecule has 2 aromatic rings. The van der Waals surface area contributed by atoms with Gasteiger partial charge in [-0.2, -0.15) is 4.52 Å². The molecule has 0 aliphatic heterocycles. The van der Waals surface area contributed by atoms with Gasteiger partial charge in [0.15, 0.2) is 5.65 Å². The number of hydrogen-bond donors (Lipinski definition) is 2. The second-order valence-electron chi connectivity index (χ2n) is 4.61. The van der Waals surface area contributed by atoms with Crippen molar-refractivity contribution in [3.05, 3.63) is 17.4 Å². The Hall–Kier alpha value is -1.40. The Morgan fingerprint density at radius 2 is 2.00 bits per heavy atom. The number of aromatic nitrogens is 4. The van der Waals surface area contributed by atoms with E-state index in [1.54, 1.807) is 0 Å². The third-order valence-electron chi connectivity index (χ3n) is 3.27. The van der Waals surface area contributed by atoms with Crippen molar-refractivity contribution >= 4 is 23.1 Å². The molecule has 96 valence electrons. The van der Waals surface area contributed by atoms with Crippen LogP contribution in [-0.2, 0) is 0 Å². The lowest BCUT2D eigenvalue weighted by molar-refractivity contribution is 0.126. The molecule has 0 spiro atoms. The lowest BCUT2D eigenvalue weighted by Crippen LogP contribution is -2.28. The maximum absolute atomic E-state index is 9.46. The Morgan fingerprint density at radius 1 is 1.22 bits per heavy atom. The van der Waals surface area contributed by atoms with Crippen LogP contribution in [0.3, 0.4) is 0 Å². The summed E-state index contributed by atoms with van der Waals surface area (Å²) in [5.41, 5.74) is 0.629. The lowest BCUT2D eigenvalue weighted by atomic mass is 9.93. The summed E-state index contributed by atoms with van der Waals surface area (Å²) in [6.07, 6.45) is 3.44. The summed E-state index contributed by atoms with van der Waals surface area (Å²) in [7, 11) is 0. The molecule has 2 N–H and O–H groups in total. The van der Waals surface area contributed by atoms with Crippen LogP contribution >= 0.6 is 11.6 Å². The lowest BCUT2D eigenvalue weighted by Gasteiger charge is -2.26. The van der Waals surface area contributed by atoms with Gasteiger partial charge in [0.25, 0.3) is 0 Å². The van der Waals surface area contributed by atoms with Crippen LogP contribution in [0.4, 0.5) is 5.82 Å². The first-order chi connectivity index (χ1) is 8.72. The van der Waals surface area contributed by atoms with Gasteiger partial charge >= 0.3 is 0 Å². The van der Waals surface area contributed by atoms with Crippen molar-refractivity contribution < 1.29 is 5.11 Å². The molecule has 0 unspecified atom stereocenters. The van der Waals surface area contributed by atoms with Crippen molar-refractivity contribution in [3.8, 4) is 0 Å². The molecule has 6 nitrogen and oxygen atoms in total. The predicted molar refractivity (Wildman–Crippen MR) is 67.7 cm³/mol. The minimum atomic E-state index is -0.147. The highest BCUT2D eigenvalue weighted by molar-refractivity contribution is 6.28. The van der Waals surface area contributed by atoms with Crippen LogP contribution in [0.2, 0.25) is 5.28 Å². The molecule has 0 saturated heterocycles. The monoisotopic (exact) mass is 267 g/mol. The van der Waals surface area contributed by atoms with Crippen LogP contribution < -0.4 is 5.32 Å². The first-order valence-corrected chi connectivity index (χ1v) is 6.43. The third-order valence-corrected chi connectivity index (χ3v) is 3.51. The first kappa shape index (κ1) is 11.7. The molecule has 1 saturated carbocycles. The number of rotatable bonds is 2. The standard InChI is InChI=1S/C11H14ClN5O/c12-11-15-14-10-6-5-9(16-17(10)11)13-7-1-3-8(18)4-2-7/h5-8,18H,1-4H2,(H,13,16). The zero-order chi connectivity index (χ0) is 12.5. The average Bonchev–Trinajstić information content (AvgIpc) is 2.74. The summed E-state index contributed by atoms with van der Waals surface area (Å²) in [6.45, 7) is 0. The van der Waals surface area contributed by atoms with E-state index < -0.39 is 0 Å². The molecule has 2 heterocycles. The summed E-state index contributed by atoms with van der Waals surface area (Å²) < 4.78 is 1.50. The Labute approximate surface area is 109 Å². The van der Waals surface area contributed by atoms with E-state index in [9.17, 15) is 5.11 Å². The van der Waals surface area contributed by atoms with Gasteiger partial charge in [-0.15, -0.1) is 15.3 Å². The Bertz CT molecular complexity index is 549. The maximum atomic E-state index is 9.46. The molecule has 1 fully saturated rings. The molecule has 0 radical (unpaired) electrons. The third kappa shape index (κ3) is 2.26. The van der Waals surface area contributed by atoms with Gasteiger partial charge < -0.3 is 10.4 Å². The maximum Gasteiger partial charge on any atom is 0.246 e. The van der Waals surface area contributed by atoms with E-state index in [1.165, 1.54) is 4.52 Å². The number of aliphatic hydroxyl groups is 1. The van der Waals surface area contributed by atoms with Crippen LogP contribution in [0.15, 0.2) is 12.1 Å². The van der Waals surface area contributed by atoms with Crippen LogP contribution in [0, 0.1) is 0 Å². The number of anilines is 1. The van der Waals surface area contributed by atoms with E-state index in [1.807, 2.05) is 12.1 Å². The van der Waals surface area contributed by atoms with Crippen molar-refractivity contribution in [1.82, 2.24) is 19.8 Å². The Balaban J connectivity index is 1.76. The van der Waals surface area contributed by atoms with Crippen molar-refractivity contribution in [2.45, 2.75) is 37.8 Å². The molecule has 1 aliphatic carbocycles. The van der Waals surface area contributed by atoms with Gasteiger partial charge in [-0.1, -0.05) is 0 Å². The molecule has 0 aromatic carbocycles. The van der Waals surface area contributed by atoms with Crippen molar-refractivity contribution in [2.75, 3.05) is 5.32 Å². The van der Waals surface area contributed by atoms with Gasteiger partial charge in [-0.05, 0) is 49.4 Å². The molecule has 3 rings (SSSR count). The molecule has 7 heteroatoms. The van der Waals surface area contributed by atoms with Gasteiger partial charge in [-0.25, -0.2) is 0 Å². The van der Waals surface area contributed by atoms with Crippen LogP contribution in [0.5, 0.6) is 0 Å². The quantitative estimate of drug-likeness (QED) is 0.862. The fraction of sp³-hybridized carbons (Fsp3) is 0.545. The minimum Gasteiger partial charge on any atom is -0.393 e. The highest BCUT2D eigenvalue weighted by Crippen LogP contribution is 2.21. The summed E-state index contributed by atoms with van der Waals surface area (Å²) in [5, 5.41) is 25.0. The zero-order valence-corrected chi connectivity index (χ0v) is 10.5. The highest BCUT2D eigenvalue weighted by atomic mass is 35.5. The molecular formula is C11H14ClN5O.